The van der Waals surface area contributed by atoms with Crippen LogP contribution in [0.3, 0.4) is 0 Å². The molecule has 1 aromatic heterocycles. The molecule has 0 aliphatic heterocycles. The second kappa shape index (κ2) is 14.0. The van der Waals surface area contributed by atoms with Gasteiger partial charge in [-0.3, -0.25) is 14.4 Å². The SMILES string of the molecule is CSCCC(NC(=O)C(Cc1ccc(O)cc1)NC(=O)CN)C(=O)NC(Cc1cnc[nH]1)C(=O)O. The number of imidazole rings is 1. The molecule has 3 atom stereocenters. The van der Waals surface area contributed by atoms with E-state index in [2.05, 4.69) is 25.9 Å². The van der Waals surface area contributed by atoms with Gasteiger partial charge in [0.2, 0.25) is 17.7 Å². The fraction of sp³-hybridized carbons (Fsp3) is 0.409. The van der Waals surface area contributed by atoms with Crippen LogP contribution < -0.4 is 21.7 Å². The Morgan fingerprint density at radius 3 is 2.26 bits per heavy atom. The van der Waals surface area contributed by atoms with Crippen LogP contribution >= 0.6 is 11.8 Å². The van der Waals surface area contributed by atoms with Gasteiger partial charge in [0, 0.05) is 24.7 Å². The van der Waals surface area contributed by atoms with Crippen molar-refractivity contribution in [2.24, 2.45) is 5.73 Å². The summed E-state index contributed by atoms with van der Waals surface area (Å²) in [7, 11) is 0. The maximum Gasteiger partial charge on any atom is 0.326 e. The normalized spacial score (nSPS) is 13.3. The fourth-order valence-electron chi connectivity index (χ4n) is 3.20. The van der Waals surface area contributed by atoms with E-state index in [0.29, 0.717) is 17.0 Å². The molecule has 1 heterocycles. The average molecular weight is 507 g/mol. The van der Waals surface area contributed by atoms with Crippen molar-refractivity contribution in [3.63, 3.8) is 0 Å². The standard InChI is InChI=1S/C22H30N6O6S/c1-35-7-6-16(20(31)28-18(22(33)34)9-14-11-24-12-25-14)27-21(32)17(26-19(30)10-23)8-13-2-4-15(29)5-3-13/h2-5,11-12,16-18,29H,6-10,23H2,1H3,(H,24,25)(H,26,30)(H,27,32)(H,28,31)(H,33,34). The van der Waals surface area contributed by atoms with E-state index < -0.39 is 41.8 Å². The van der Waals surface area contributed by atoms with Crippen molar-refractivity contribution in [2.75, 3.05) is 18.6 Å². The summed E-state index contributed by atoms with van der Waals surface area (Å²) in [5.74, 6) is -2.50. The van der Waals surface area contributed by atoms with Crippen molar-refractivity contribution in [3.05, 3.63) is 48.0 Å². The predicted molar refractivity (Wildman–Crippen MR) is 130 cm³/mol. The van der Waals surface area contributed by atoms with Gasteiger partial charge >= 0.3 is 5.97 Å². The first-order valence-electron chi connectivity index (χ1n) is 10.8. The minimum absolute atomic E-state index is 0.0136. The summed E-state index contributed by atoms with van der Waals surface area (Å²) in [6.07, 6.45) is 5.02. The van der Waals surface area contributed by atoms with E-state index in [1.807, 2.05) is 6.26 Å². The van der Waals surface area contributed by atoms with E-state index in [9.17, 15) is 29.4 Å². The quantitative estimate of drug-likeness (QED) is 0.170. The van der Waals surface area contributed by atoms with Gasteiger partial charge in [-0.1, -0.05) is 12.1 Å². The molecule has 0 saturated heterocycles. The molecule has 3 unspecified atom stereocenters. The lowest BCUT2D eigenvalue weighted by Crippen LogP contribution is -2.57. The third-order valence-electron chi connectivity index (χ3n) is 5.05. The largest absolute Gasteiger partial charge is 0.508 e. The number of aromatic hydroxyl groups is 1. The van der Waals surface area contributed by atoms with Crippen LogP contribution in [0.15, 0.2) is 36.8 Å². The van der Waals surface area contributed by atoms with E-state index >= 15 is 0 Å². The Kier molecular flexibility index (Phi) is 11.0. The topological polar surface area (TPSA) is 200 Å². The zero-order chi connectivity index (χ0) is 25.8. The van der Waals surface area contributed by atoms with Crippen LogP contribution in [0.5, 0.6) is 5.75 Å². The highest BCUT2D eigenvalue weighted by Crippen LogP contribution is 2.12. The second-order valence-corrected chi connectivity index (χ2v) is 8.70. The van der Waals surface area contributed by atoms with Gasteiger partial charge in [-0.15, -0.1) is 0 Å². The Labute approximate surface area is 206 Å². The van der Waals surface area contributed by atoms with Crippen LogP contribution in [0, 0.1) is 0 Å². The number of amides is 3. The highest BCUT2D eigenvalue weighted by Gasteiger charge is 2.29. The van der Waals surface area contributed by atoms with Crippen LogP contribution in [-0.2, 0) is 32.0 Å². The van der Waals surface area contributed by atoms with Crippen LogP contribution in [0.25, 0.3) is 0 Å². The molecule has 35 heavy (non-hydrogen) atoms. The van der Waals surface area contributed by atoms with Crippen molar-refractivity contribution in [2.45, 2.75) is 37.4 Å². The van der Waals surface area contributed by atoms with E-state index in [1.54, 1.807) is 12.1 Å². The highest BCUT2D eigenvalue weighted by atomic mass is 32.2. The maximum atomic E-state index is 13.1. The van der Waals surface area contributed by atoms with Gasteiger partial charge in [0.25, 0.3) is 0 Å². The maximum absolute atomic E-state index is 13.1. The van der Waals surface area contributed by atoms with Gasteiger partial charge < -0.3 is 36.9 Å². The van der Waals surface area contributed by atoms with Gasteiger partial charge in [0.1, 0.15) is 23.9 Å². The molecule has 0 bridgehead atoms. The molecule has 3 amide bonds. The lowest BCUT2D eigenvalue weighted by molar-refractivity contribution is -0.142. The van der Waals surface area contributed by atoms with E-state index in [1.165, 1.54) is 36.4 Å². The lowest BCUT2D eigenvalue weighted by atomic mass is 10.0. The summed E-state index contributed by atoms with van der Waals surface area (Å²) in [5.41, 5.74) is 6.57. The molecule has 0 spiro atoms. The van der Waals surface area contributed by atoms with Crippen LogP contribution in [0.2, 0.25) is 0 Å². The molecular formula is C22H30N6O6S. The van der Waals surface area contributed by atoms with Crippen molar-refractivity contribution in [1.82, 2.24) is 25.9 Å². The first-order chi connectivity index (χ1) is 16.7. The zero-order valence-corrected chi connectivity index (χ0v) is 20.0. The summed E-state index contributed by atoms with van der Waals surface area (Å²) in [6.45, 7) is -0.330. The fourth-order valence-corrected chi connectivity index (χ4v) is 3.67. The van der Waals surface area contributed by atoms with Crippen LogP contribution in [0.4, 0.5) is 0 Å². The number of phenolic OH excluding ortho intramolecular Hbond substituents is 1. The number of aromatic nitrogens is 2. The zero-order valence-electron chi connectivity index (χ0n) is 19.2. The molecule has 0 radical (unpaired) electrons. The Morgan fingerprint density at radius 1 is 1.03 bits per heavy atom. The van der Waals surface area contributed by atoms with Crippen molar-refractivity contribution in [1.29, 1.82) is 0 Å². The highest BCUT2D eigenvalue weighted by molar-refractivity contribution is 7.98. The Balaban J connectivity index is 2.15. The molecule has 2 rings (SSSR count). The second-order valence-electron chi connectivity index (χ2n) is 7.72. The molecule has 13 heteroatoms. The minimum atomic E-state index is -1.23. The number of phenols is 1. The molecule has 8 N–H and O–H groups in total. The number of benzene rings is 1. The molecular weight excluding hydrogens is 476 g/mol. The van der Waals surface area contributed by atoms with E-state index in [0.717, 1.165) is 0 Å². The van der Waals surface area contributed by atoms with E-state index in [-0.39, 0.29) is 31.6 Å². The molecule has 0 aliphatic carbocycles. The Hall–Kier alpha value is -3.58. The predicted octanol–water partition coefficient (Wildman–Crippen LogP) is -0.849. The number of carboxylic acids is 1. The molecule has 190 valence electrons. The first-order valence-corrected chi connectivity index (χ1v) is 12.2. The number of carbonyl (C=O) groups excluding carboxylic acids is 3. The molecule has 0 fully saturated rings. The summed E-state index contributed by atoms with van der Waals surface area (Å²) >= 11 is 1.46. The number of aliphatic carboxylic acids is 1. The molecule has 1 aromatic carbocycles. The molecule has 0 aliphatic rings. The van der Waals surface area contributed by atoms with Gasteiger partial charge in [0.15, 0.2) is 0 Å². The number of rotatable bonds is 14. The summed E-state index contributed by atoms with van der Waals surface area (Å²) in [6, 6.07) is 2.81. The van der Waals surface area contributed by atoms with E-state index in [4.69, 9.17) is 5.73 Å². The third kappa shape index (κ3) is 9.29. The number of aromatic amines is 1. The van der Waals surface area contributed by atoms with Gasteiger partial charge in [-0.25, -0.2) is 9.78 Å². The Morgan fingerprint density at radius 2 is 1.69 bits per heavy atom. The summed E-state index contributed by atoms with van der Waals surface area (Å²) in [4.78, 5) is 56.3. The summed E-state index contributed by atoms with van der Waals surface area (Å²) in [5, 5.41) is 26.7. The minimum Gasteiger partial charge on any atom is -0.508 e. The molecule has 0 saturated carbocycles. The summed E-state index contributed by atoms with van der Waals surface area (Å²) < 4.78 is 0. The molecule has 12 nitrogen and oxygen atoms in total. The number of nitrogens with zero attached hydrogens (tertiary/aromatic N) is 1. The van der Waals surface area contributed by atoms with Crippen molar-refractivity contribution < 1.29 is 29.4 Å². The number of hydrogen-bond acceptors (Lipinski definition) is 8. The first kappa shape index (κ1) is 27.7. The lowest BCUT2D eigenvalue weighted by Gasteiger charge is -2.24. The Bertz CT molecular complexity index is 985. The van der Waals surface area contributed by atoms with Crippen molar-refractivity contribution in [3.8, 4) is 5.75 Å². The van der Waals surface area contributed by atoms with Gasteiger partial charge in [-0.2, -0.15) is 11.8 Å². The molecule has 2 aromatic rings. The smallest absolute Gasteiger partial charge is 0.326 e. The monoisotopic (exact) mass is 506 g/mol. The average Bonchev–Trinajstić information content (AvgIpc) is 3.35. The van der Waals surface area contributed by atoms with Crippen LogP contribution in [-0.4, -0.2) is 80.6 Å². The number of H-pyrrole nitrogens is 1. The van der Waals surface area contributed by atoms with Gasteiger partial charge in [-0.05, 0) is 36.1 Å². The van der Waals surface area contributed by atoms with Gasteiger partial charge in [0.05, 0.1) is 12.9 Å². The number of nitrogens with one attached hydrogen (secondary N) is 4. The van der Waals surface area contributed by atoms with Crippen molar-refractivity contribution >= 4 is 35.5 Å². The number of thioether (sulfide) groups is 1. The number of hydrogen-bond donors (Lipinski definition) is 7. The van der Waals surface area contributed by atoms with Crippen LogP contribution in [0.1, 0.15) is 17.7 Å². The number of carboxylic acid groups (broad SMARTS) is 1. The number of carbonyl (C=O) groups is 4. The third-order valence-corrected chi connectivity index (χ3v) is 5.69. The number of nitrogens with two attached hydrogens (primary N) is 1.